The summed E-state index contributed by atoms with van der Waals surface area (Å²) in [6, 6.07) is 12.0. The molecule has 1 aliphatic rings. The zero-order valence-electron chi connectivity index (χ0n) is 19.8. The quantitative estimate of drug-likeness (QED) is 0.449. The number of benzene rings is 2. The number of methoxy groups -OCH3 is 1. The number of hydrogen-bond donors (Lipinski definition) is 0. The van der Waals surface area contributed by atoms with Gasteiger partial charge in [-0.05, 0) is 62.2 Å². The van der Waals surface area contributed by atoms with Gasteiger partial charge in [0.2, 0.25) is 0 Å². The Morgan fingerprint density at radius 2 is 2.00 bits per heavy atom. The minimum absolute atomic E-state index is 0.212. The molecule has 0 aliphatic carbocycles. The fourth-order valence-electron chi connectivity index (χ4n) is 3.95. The number of esters is 1. The van der Waals surface area contributed by atoms with Crippen LogP contribution in [0.15, 0.2) is 63.5 Å². The highest BCUT2D eigenvalue weighted by molar-refractivity contribution is 7.07. The van der Waals surface area contributed by atoms with E-state index in [0.717, 1.165) is 11.1 Å². The molecule has 182 valence electrons. The van der Waals surface area contributed by atoms with Gasteiger partial charge in [-0.1, -0.05) is 41.1 Å². The van der Waals surface area contributed by atoms with E-state index < -0.39 is 12.0 Å². The lowest BCUT2D eigenvalue weighted by Crippen LogP contribution is -2.39. The van der Waals surface area contributed by atoms with Crippen LogP contribution in [0.3, 0.4) is 0 Å². The third-order valence-corrected chi connectivity index (χ3v) is 6.76. The summed E-state index contributed by atoms with van der Waals surface area (Å²) in [6.07, 6.45) is 1.76. The normalized spacial score (nSPS) is 15.5. The Balaban J connectivity index is 1.91. The van der Waals surface area contributed by atoms with Crippen molar-refractivity contribution in [2.75, 3.05) is 20.3 Å². The Morgan fingerprint density at radius 1 is 1.20 bits per heavy atom. The SMILES string of the molecule is CCOC(=O)C1=C(C)N=c2s/c(=C\c3ccc(OCC)c(Cl)c3)c(=O)n2[C@@H]1c1cccc(OC)c1. The average Bonchev–Trinajstić information content (AvgIpc) is 3.14. The zero-order chi connectivity index (χ0) is 25.1. The molecular weight excluding hydrogens is 488 g/mol. The van der Waals surface area contributed by atoms with Crippen molar-refractivity contribution in [3.63, 3.8) is 0 Å². The van der Waals surface area contributed by atoms with E-state index in [1.54, 1.807) is 43.7 Å². The molecule has 0 amide bonds. The summed E-state index contributed by atoms with van der Waals surface area (Å²) < 4.78 is 18.2. The second-order valence-corrected chi connectivity index (χ2v) is 9.12. The average molecular weight is 513 g/mol. The number of halogens is 1. The lowest BCUT2D eigenvalue weighted by atomic mass is 9.95. The molecule has 7 nitrogen and oxygen atoms in total. The van der Waals surface area contributed by atoms with Crippen LogP contribution in [0.1, 0.15) is 37.9 Å². The molecule has 0 saturated carbocycles. The molecule has 2 aromatic carbocycles. The van der Waals surface area contributed by atoms with Crippen molar-refractivity contribution < 1.29 is 19.0 Å². The van der Waals surface area contributed by atoms with E-state index in [4.69, 9.17) is 25.8 Å². The van der Waals surface area contributed by atoms with Crippen LogP contribution >= 0.6 is 22.9 Å². The van der Waals surface area contributed by atoms with Gasteiger partial charge in [0.1, 0.15) is 11.5 Å². The predicted molar refractivity (Wildman–Crippen MR) is 136 cm³/mol. The zero-order valence-corrected chi connectivity index (χ0v) is 21.4. The van der Waals surface area contributed by atoms with Crippen molar-refractivity contribution in [1.82, 2.24) is 4.57 Å². The summed E-state index contributed by atoms with van der Waals surface area (Å²) in [5.41, 5.74) is 2.04. The van der Waals surface area contributed by atoms with Crippen LogP contribution < -0.4 is 24.4 Å². The molecule has 0 fully saturated rings. The van der Waals surface area contributed by atoms with Gasteiger partial charge in [0.25, 0.3) is 5.56 Å². The number of thiazole rings is 1. The van der Waals surface area contributed by atoms with Gasteiger partial charge in [-0.2, -0.15) is 0 Å². The number of carbonyl (C=O) groups is 1. The number of hydrogen-bond acceptors (Lipinski definition) is 7. The molecule has 0 radical (unpaired) electrons. The molecule has 1 aliphatic heterocycles. The second-order valence-electron chi connectivity index (χ2n) is 7.70. The topological polar surface area (TPSA) is 79.1 Å². The number of rotatable bonds is 7. The Morgan fingerprint density at radius 3 is 2.69 bits per heavy atom. The van der Waals surface area contributed by atoms with Gasteiger partial charge >= 0.3 is 5.97 Å². The van der Waals surface area contributed by atoms with E-state index in [9.17, 15) is 9.59 Å². The Hall–Kier alpha value is -3.36. The first-order chi connectivity index (χ1) is 16.9. The van der Waals surface area contributed by atoms with Crippen molar-refractivity contribution in [3.05, 3.63) is 89.6 Å². The molecule has 0 bridgehead atoms. The van der Waals surface area contributed by atoms with Gasteiger partial charge < -0.3 is 14.2 Å². The third kappa shape index (κ3) is 4.90. The number of fused-ring (bicyclic) bond motifs is 1. The molecule has 2 heterocycles. The first-order valence-electron chi connectivity index (χ1n) is 11.1. The van der Waals surface area contributed by atoms with Crippen molar-refractivity contribution >= 4 is 35.0 Å². The fraction of sp³-hybridized carbons (Fsp3) is 0.269. The van der Waals surface area contributed by atoms with Gasteiger partial charge in [0, 0.05) is 0 Å². The summed E-state index contributed by atoms with van der Waals surface area (Å²) in [5.74, 6) is 0.696. The summed E-state index contributed by atoms with van der Waals surface area (Å²) in [6.45, 7) is 6.10. The van der Waals surface area contributed by atoms with Crippen molar-refractivity contribution in [3.8, 4) is 11.5 Å². The highest BCUT2D eigenvalue weighted by Gasteiger charge is 2.33. The monoisotopic (exact) mass is 512 g/mol. The lowest BCUT2D eigenvalue weighted by Gasteiger charge is -2.25. The molecule has 35 heavy (non-hydrogen) atoms. The highest BCUT2D eigenvalue weighted by atomic mass is 35.5. The van der Waals surface area contributed by atoms with E-state index in [-0.39, 0.29) is 12.2 Å². The van der Waals surface area contributed by atoms with Gasteiger partial charge in [0.15, 0.2) is 4.80 Å². The van der Waals surface area contributed by atoms with Crippen molar-refractivity contribution in [1.29, 1.82) is 0 Å². The largest absolute Gasteiger partial charge is 0.497 e. The van der Waals surface area contributed by atoms with Crippen LogP contribution in [0.2, 0.25) is 5.02 Å². The van der Waals surface area contributed by atoms with Crippen LogP contribution in [0.5, 0.6) is 11.5 Å². The van der Waals surface area contributed by atoms with Crippen LogP contribution in [-0.4, -0.2) is 30.9 Å². The molecule has 9 heteroatoms. The maximum atomic E-state index is 13.7. The maximum Gasteiger partial charge on any atom is 0.338 e. The fourth-order valence-corrected chi connectivity index (χ4v) is 5.24. The summed E-state index contributed by atoms with van der Waals surface area (Å²) >= 11 is 7.59. The maximum absolute atomic E-state index is 13.7. The molecule has 0 N–H and O–H groups in total. The van der Waals surface area contributed by atoms with Gasteiger partial charge in [-0.15, -0.1) is 0 Å². The molecule has 0 saturated heterocycles. The molecule has 1 atom stereocenters. The number of allylic oxidation sites excluding steroid dienone is 1. The van der Waals surface area contributed by atoms with E-state index >= 15 is 0 Å². The molecule has 1 aromatic heterocycles. The summed E-state index contributed by atoms with van der Waals surface area (Å²) in [4.78, 5) is 31.7. The minimum atomic E-state index is -0.702. The molecule has 0 spiro atoms. The predicted octanol–water partition coefficient (Wildman–Crippen LogP) is 3.86. The molecule has 0 unspecified atom stereocenters. The van der Waals surface area contributed by atoms with Crippen LogP contribution in [0, 0.1) is 0 Å². The summed E-state index contributed by atoms with van der Waals surface area (Å²) in [5, 5.41) is 0.461. The summed E-state index contributed by atoms with van der Waals surface area (Å²) in [7, 11) is 1.57. The molecule has 4 rings (SSSR count). The first-order valence-corrected chi connectivity index (χ1v) is 12.3. The highest BCUT2D eigenvalue weighted by Crippen LogP contribution is 2.32. The number of nitrogens with zero attached hydrogens (tertiary/aromatic N) is 2. The van der Waals surface area contributed by atoms with Gasteiger partial charge in [-0.25, -0.2) is 9.79 Å². The van der Waals surface area contributed by atoms with E-state index in [1.807, 2.05) is 37.3 Å². The van der Waals surface area contributed by atoms with E-state index in [1.165, 1.54) is 11.3 Å². The Bertz CT molecular complexity index is 1490. The van der Waals surface area contributed by atoms with Crippen LogP contribution in [-0.2, 0) is 9.53 Å². The lowest BCUT2D eigenvalue weighted by molar-refractivity contribution is -0.139. The smallest absolute Gasteiger partial charge is 0.338 e. The van der Waals surface area contributed by atoms with Crippen LogP contribution in [0.4, 0.5) is 0 Å². The minimum Gasteiger partial charge on any atom is -0.497 e. The molecule has 3 aromatic rings. The number of aromatic nitrogens is 1. The van der Waals surface area contributed by atoms with Crippen molar-refractivity contribution in [2.24, 2.45) is 4.99 Å². The number of ether oxygens (including phenoxy) is 3. The van der Waals surface area contributed by atoms with E-state index in [0.29, 0.717) is 43.7 Å². The van der Waals surface area contributed by atoms with E-state index in [2.05, 4.69) is 4.99 Å². The van der Waals surface area contributed by atoms with Crippen molar-refractivity contribution in [2.45, 2.75) is 26.8 Å². The van der Waals surface area contributed by atoms with Gasteiger partial charge in [0.05, 0.1) is 47.2 Å². The Kier molecular flexibility index (Phi) is 7.42. The molecular formula is C26H25ClN2O5S. The standard InChI is InChI=1S/C26H25ClN2O5S/c1-5-33-20-11-10-16(12-19(20)27)13-21-24(30)29-23(17-8-7-9-18(14-17)32-4)22(25(31)34-6-2)15(3)28-26(29)35-21/h7-14,23H,5-6H2,1-4H3/b21-13-/t23-/m1/s1. The van der Waals surface area contributed by atoms with Crippen LogP contribution in [0.25, 0.3) is 6.08 Å². The number of carbonyl (C=O) groups excluding carboxylic acids is 1. The first kappa shape index (κ1) is 24.8. The Labute approximate surface area is 211 Å². The van der Waals surface area contributed by atoms with Gasteiger partial charge in [-0.3, -0.25) is 9.36 Å². The second kappa shape index (κ2) is 10.5. The third-order valence-electron chi connectivity index (χ3n) is 5.48.